The van der Waals surface area contributed by atoms with Crippen molar-refractivity contribution in [1.29, 1.82) is 5.26 Å². The number of nitrogens with zero attached hydrogens (tertiary/aromatic N) is 1. The molecule has 0 aliphatic rings. The molecule has 0 unspecified atom stereocenters. The molecular formula is C21H20F3N3O. The van der Waals surface area contributed by atoms with E-state index in [1.807, 2.05) is 39.0 Å². The summed E-state index contributed by atoms with van der Waals surface area (Å²) < 4.78 is 39.2. The summed E-state index contributed by atoms with van der Waals surface area (Å²) in [6, 6.07) is 12.1. The molecule has 28 heavy (non-hydrogen) atoms. The maximum Gasteiger partial charge on any atom is 0.418 e. The van der Waals surface area contributed by atoms with Gasteiger partial charge in [-0.05, 0) is 36.1 Å². The topological polar surface area (TPSA) is 64.9 Å². The van der Waals surface area contributed by atoms with Crippen molar-refractivity contribution in [3.05, 3.63) is 70.9 Å². The lowest BCUT2D eigenvalue weighted by atomic mass is 9.98. The third-order valence-corrected chi connectivity index (χ3v) is 4.14. The number of rotatable bonds is 5. The van der Waals surface area contributed by atoms with Crippen molar-refractivity contribution < 1.29 is 18.0 Å². The molecule has 0 fully saturated rings. The predicted molar refractivity (Wildman–Crippen MR) is 103 cm³/mol. The van der Waals surface area contributed by atoms with Gasteiger partial charge in [0, 0.05) is 11.9 Å². The summed E-state index contributed by atoms with van der Waals surface area (Å²) in [5.41, 5.74) is 0.863. The Morgan fingerprint density at radius 1 is 1.14 bits per heavy atom. The highest BCUT2D eigenvalue weighted by Gasteiger charge is 2.33. The first-order valence-corrected chi connectivity index (χ1v) is 8.59. The van der Waals surface area contributed by atoms with E-state index in [4.69, 9.17) is 0 Å². The fraction of sp³-hybridized carbons (Fsp3) is 0.238. The van der Waals surface area contributed by atoms with E-state index in [0.717, 1.165) is 23.4 Å². The number of nitriles is 1. The van der Waals surface area contributed by atoms with Crippen LogP contribution in [0.1, 0.15) is 36.5 Å². The number of benzene rings is 2. The molecule has 146 valence electrons. The molecule has 2 N–H and O–H groups in total. The van der Waals surface area contributed by atoms with Crippen LogP contribution < -0.4 is 10.6 Å². The molecule has 0 heterocycles. The van der Waals surface area contributed by atoms with Gasteiger partial charge in [0.05, 0.1) is 11.3 Å². The molecule has 2 aromatic rings. The summed E-state index contributed by atoms with van der Waals surface area (Å²) in [5.74, 6) is -0.558. The summed E-state index contributed by atoms with van der Waals surface area (Å²) in [6.07, 6.45) is -3.58. The lowest BCUT2D eigenvalue weighted by molar-refractivity contribution is -0.136. The first-order chi connectivity index (χ1) is 13.1. The van der Waals surface area contributed by atoms with Gasteiger partial charge in [-0.1, -0.05) is 44.2 Å². The summed E-state index contributed by atoms with van der Waals surface area (Å²) in [5, 5.41) is 14.4. The number of halogens is 3. The third kappa shape index (κ3) is 4.92. The molecule has 2 aromatic carbocycles. The molecule has 2 rings (SSSR count). The smallest absolute Gasteiger partial charge is 0.360 e. The zero-order valence-corrected chi connectivity index (χ0v) is 15.7. The van der Waals surface area contributed by atoms with E-state index in [9.17, 15) is 23.2 Å². The molecule has 0 spiro atoms. The number of aryl methyl sites for hydroxylation is 1. The fourth-order valence-electron chi connectivity index (χ4n) is 2.68. The van der Waals surface area contributed by atoms with Crippen LogP contribution in [0.3, 0.4) is 0 Å². The van der Waals surface area contributed by atoms with Gasteiger partial charge in [-0.15, -0.1) is 0 Å². The van der Waals surface area contributed by atoms with Crippen LogP contribution >= 0.6 is 0 Å². The lowest BCUT2D eigenvalue weighted by Crippen LogP contribution is -2.17. The number of amides is 1. The third-order valence-electron chi connectivity index (χ3n) is 4.14. The van der Waals surface area contributed by atoms with Gasteiger partial charge in [0.15, 0.2) is 0 Å². The average Bonchev–Trinajstić information content (AvgIpc) is 2.63. The van der Waals surface area contributed by atoms with Crippen LogP contribution in [0.2, 0.25) is 0 Å². The van der Waals surface area contributed by atoms with Crippen LogP contribution in [0.4, 0.5) is 24.5 Å². The summed E-state index contributed by atoms with van der Waals surface area (Å²) >= 11 is 0. The second-order valence-electron chi connectivity index (χ2n) is 6.51. The van der Waals surface area contributed by atoms with Gasteiger partial charge < -0.3 is 10.6 Å². The minimum absolute atomic E-state index is 0.140. The Kier molecular flexibility index (Phi) is 6.47. The van der Waals surface area contributed by atoms with Crippen molar-refractivity contribution in [2.24, 2.45) is 0 Å². The molecule has 4 nitrogen and oxygen atoms in total. The van der Waals surface area contributed by atoms with Crippen molar-refractivity contribution in [3.8, 4) is 6.07 Å². The Balaban J connectivity index is 2.28. The van der Waals surface area contributed by atoms with Crippen molar-refractivity contribution in [3.63, 3.8) is 0 Å². The van der Waals surface area contributed by atoms with Crippen LogP contribution in [-0.4, -0.2) is 5.91 Å². The van der Waals surface area contributed by atoms with Crippen molar-refractivity contribution in [1.82, 2.24) is 0 Å². The largest absolute Gasteiger partial charge is 0.418 e. The number of nitrogens with one attached hydrogen (secondary N) is 2. The highest BCUT2D eigenvalue weighted by Crippen LogP contribution is 2.34. The van der Waals surface area contributed by atoms with Gasteiger partial charge in [0.1, 0.15) is 11.6 Å². The van der Waals surface area contributed by atoms with Crippen LogP contribution in [0.15, 0.2) is 54.2 Å². The highest BCUT2D eigenvalue weighted by molar-refractivity contribution is 6.07. The van der Waals surface area contributed by atoms with Gasteiger partial charge in [-0.2, -0.15) is 18.4 Å². The van der Waals surface area contributed by atoms with E-state index in [1.54, 1.807) is 6.07 Å². The molecule has 0 saturated carbocycles. The zero-order valence-electron chi connectivity index (χ0n) is 15.7. The first kappa shape index (κ1) is 21.0. The van der Waals surface area contributed by atoms with Crippen LogP contribution in [-0.2, 0) is 11.0 Å². The number of carbonyl (C=O) groups excluding carboxylic acids is 1. The Morgan fingerprint density at radius 3 is 2.43 bits per heavy atom. The molecule has 0 aliphatic carbocycles. The van der Waals surface area contributed by atoms with E-state index in [-0.39, 0.29) is 17.2 Å². The number of alkyl halides is 3. The Morgan fingerprint density at radius 2 is 1.82 bits per heavy atom. The first-order valence-electron chi connectivity index (χ1n) is 8.59. The average molecular weight is 387 g/mol. The van der Waals surface area contributed by atoms with Gasteiger partial charge in [-0.25, -0.2) is 0 Å². The minimum atomic E-state index is -4.56. The molecular weight excluding hydrogens is 367 g/mol. The quantitative estimate of drug-likeness (QED) is 0.519. The zero-order chi connectivity index (χ0) is 20.9. The second-order valence-corrected chi connectivity index (χ2v) is 6.51. The molecule has 7 heteroatoms. The monoisotopic (exact) mass is 387 g/mol. The Labute approximate surface area is 161 Å². The van der Waals surface area contributed by atoms with E-state index in [0.29, 0.717) is 5.69 Å². The van der Waals surface area contributed by atoms with E-state index in [2.05, 4.69) is 10.6 Å². The molecule has 0 atom stereocenters. The molecule has 0 aliphatic heterocycles. The standard InChI is InChI=1S/C21H20F3N3O/c1-13(2)16-8-6-7-14(3)19(16)27-20(28)15(11-25)12-26-18-10-5-4-9-17(18)21(22,23)24/h4-10,12-13,26H,1-3H3,(H,27,28)/b15-12-. The Bertz CT molecular complexity index is 941. The van der Waals surface area contributed by atoms with Crippen molar-refractivity contribution >= 4 is 17.3 Å². The maximum absolute atomic E-state index is 13.1. The summed E-state index contributed by atoms with van der Waals surface area (Å²) in [7, 11) is 0. The lowest BCUT2D eigenvalue weighted by Gasteiger charge is -2.16. The van der Waals surface area contributed by atoms with E-state index < -0.39 is 17.6 Å². The van der Waals surface area contributed by atoms with Gasteiger partial charge in [-0.3, -0.25) is 4.79 Å². The molecule has 0 aromatic heterocycles. The number of para-hydroxylation sites is 2. The fourth-order valence-corrected chi connectivity index (χ4v) is 2.68. The van der Waals surface area contributed by atoms with Crippen molar-refractivity contribution in [2.45, 2.75) is 32.9 Å². The summed E-state index contributed by atoms with van der Waals surface area (Å²) in [6.45, 7) is 5.78. The van der Waals surface area contributed by atoms with Crippen molar-refractivity contribution in [2.75, 3.05) is 10.6 Å². The van der Waals surface area contributed by atoms with E-state index >= 15 is 0 Å². The number of hydrogen-bond donors (Lipinski definition) is 2. The molecule has 0 radical (unpaired) electrons. The normalized spacial score (nSPS) is 11.9. The second kappa shape index (κ2) is 8.61. The maximum atomic E-state index is 13.1. The van der Waals surface area contributed by atoms with Gasteiger partial charge in [0.2, 0.25) is 0 Å². The number of anilines is 2. The number of carbonyl (C=O) groups is 1. The molecule has 0 saturated heterocycles. The van der Waals surface area contributed by atoms with Gasteiger partial charge in [0.25, 0.3) is 5.91 Å². The minimum Gasteiger partial charge on any atom is -0.360 e. The van der Waals surface area contributed by atoms with E-state index in [1.165, 1.54) is 18.2 Å². The predicted octanol–water partition coefficient (Wildman–Crippen LogP) is 5.60. The number of hydrogen-bond acceptors (Lipinski definition) is 3. The Hall–Kier alpha value is -3.27. The molecule has 1 amide bonds. The molecule has 0 bridgehead atoms. The van der Waals surface area contributed by atoms with Crippen LogP contribution in [0.25, 0.3) is 0 Å². The van der Waals surface area contributed by atoms with Crippen LogP contribution in [0.5, 0.6) is 0 Å². The highest BCUT2D eigenvalue weighted by atomic mass is 19.4. The van der Waals surface area contributed by atoms with Crippen LogP contribution in [0, 0.1) is 18.3 Å². The van der Waals surface area contributed by atoms with Gasteiger partial charge >= 0.3 is 6.18 Å². The summed E-state index contributed by atoms with van der Waals surface area (Å²) in [4.78, 5) is 12.5. The SMILES string of the molecule is Cc1cccc(C(C)C)c1NC(=O)/C(C#N)=C\Nc1ccccc1C(F)(F)F.